The zero-order valence-corrected chi connectivity index (χ0v) is 11.3. The number of benzene rings is 1. The first-order chi connectivity index (χ1) is 9.75. The minimum absolute atomic E-state index is 0.000237. The van der Waals surface area contributed by atoms with E-state index >= 15 is 0 Å². The molecule has 5 nitrogen and oxygen atoms in total. The molecule has 0 amide bonds. The molecule has 0 atom stereocenters. The fourth-order valence-electron chi connectivity index (χ4n) is 2.04. The van der Waals surface area contributed by atoms with Crippen LogP contribution >= 0.6 is 11.3 Å². The van der Waals surface area contributed by atoms with E-state index in [-0.39, 0.29) is 5.69 Å². The van der Waals surface area contributed by atoms with Gasteiger partial charge >= 0.3 is 5.69 Å². The molecular formula is C14H11N3O2S. The highest BCUT2D eigenvalue weighted by atomic mass is 32.1. The summed E-state index contributed by atoms with van der Waals surface area (Å²) in [7, 11) is 0. The van der Waals surface area contributed by atoms with E-state index in [0.717, 1.165) is 15.8 Å². The topological polar surface area (TPSA) is 68.1 Å². The van der Waals surface area contributed by atoms with Gasteiger partial charge in [-0.2, -0.15) is 0 Å². The molecule has 0 aliphatic rings. The van der Waals surface area contributed by atoms with Crippen LogP contribution in [-0.2, 0) is 6.54 Å². The Morgan fingerprint density at radius 1 is 1.25 bits per heavy atom. The van der Waals surface area contributed by atoms with Crippen molar-refractivity contribution in [1.29, 1.82) is 0 Å². The number of hydrogen-bond donors (Lipinski definition) is 1. The predicted octanol–water partition coefficient (Wildman–Crippen LogP) is 3.82. The third kappa shape index (κ3) is 2.33. The molecule has 0 aliphatic carbocycles. The van der Waals surface area contributed by atoms with E-state index in [9.17, 15) is 10.1 Å². The standard InChI is InChI=1S/C14H11N3O2S/c18-17(19)13-9-15-12-6-2-1-5-11(12)14(13)16-8-10-4-3-7-20-10/h1-7,9H,8H2,(H,15,16). The minimum atomic E-state index is -0.407. The molecule has 0 saturated heterocycles. The lowest BCUT2D eigenvalue weighted by atomic mass is 10.1. The highest BCUT2D eigenvalue weighted by Crippen LogP contribution is 2.31. The number of anilines is 1. The van der Waals surface area contributed by atoms with Gasteiger partial charge in [0.05, 0.1) is 10.4 Å². The summed E-state index contributed by atoms with van der Waals surface area (Å²) in [4.78, 5) is 16.0. The van der Waals surface area contributed by atoms with E-state index in [1.165, 1.54) is 6.20 Å². The monoisotopic (exact) mass is 285 g/mol. The van der Waals surface area contributed by atoms with Crippen molar-refractivity contribution in [3.8, 4) is 0 Å². The molecule has 1 aromatic carbocycles. The first kappa shape index (κ1) is 12.6. The Kier molecular flexibility index (Phi) is 3.30. The maximum Gasteiger partial charge on any atom is 0.311 e. The third-order valence-corrected chi connectivity index (χ3v) is 3.85. The number of hydrogen-bond acceptors (Lipinski definition) is 5. The van der Waals surface area contributed by atoms with Gasteiger partial charge in [-0.15, -0.1) is 11.3 Å². The Morgan fingerprint density at radius 3 is 2.85 bits per heavy atom. The van der Waals surface area contributed by atoms with E-state index in [2.05, 4.69) is 10.3 Å². The average Bonchev–Trinajstić information content (AvgIpc) is 2.97. The first-order valence-electron chi connectivity index (χ1n) is 6.04. The Labute approximate surface area is 119 Å². The third-order valence-electron chi connectivity index (χ3n) is 2.97. The molecule has 0 spiro atoms. The largest absolute Gasteiger partial charge is 0.374 e. The fourth-order valence-corrected chi connectivity index (χ4v) is 2.69. The van der Waals surface area contributed by atoms with Gasteiger partial charge in [0.1, 0.15) is 11.9 Å². The van der Waals surface area contributed by atoms with Crippen LogP contribution in [0.3, 0.4) is 0 Å². The average molecular weight is 285 g/mol. The summed E-state index contributed by atoms with van der Waals surface area (Å²) >= 11 is 1.61. The first-order valence-corrected chi connectivity index (χ1v) is 6.92. The van der Waals surface area contributed by atoms with Gasteiger partial charge in [0.15, 0.2) is 0 Å². The van der Waals surface area contributed by atoms with Crippen molar-refractivity contribution in [1.82, 2.24) is 4.98 Å². The molecule has 20 heavy (non-hydrogen) atoms. The molecule has 0 unspecified atom stereocenters. The minimum Gasteiger partial charge on any atom is -0.374 e. The quantitative estimate of drug-likeness (QED) is 0.584. The highest BCUT2D eigenvalue weighted by molar-refractivity contribution is 7.09. The molecule has 0 bridgehead atoms. The maximum atomic E-state index is 11.2. The molecule has 0 saturated carbocycles. The van der Waals surface area contributed by atoms with Gasteiger partial charge in [-0.3, -0.25) is 10.1 Å². The predicted molar refractivity (Wildman–Crippen MR) is 80.0 cm³/mol. The SMILES string of the molecule is O=[N+]([O-])c1cnc2ccccc2c1NCc1cccs1. The van der Waals surface area contributed by atoms with Crippen LogP contribution in [0.25, 0.3) is 10.9 Å². The highest BCUT2D eigenvalue weighted by Gasteiger charge is 2.17. The Hall–Kier alpha value is -2.47. The smallest absolute Gasteiger partial charge is 0.311 e. The molecule has 0 radical (unpaired) electrons. The van der Waals surface area contributed by atoms with Gasteiger partial charge in [0.25, 0.3) is 0 Å². The van der Waals surface area contributed by atoms with Gasteiger partial charge < -0.3 is 5.32 Å². The van der Waals surface area contributed by atoms with Crippen molar-refractivity contribution in [2.24, 2.45) is 0 Å². The summed E-state index contributed by atoms with van der Waals surface area (Å²) in [6, 6.07) is 11.4. The van der Waals surface area contributed by atoms with Crippen LogP contribution in [0.5, 0.6) is 0 Å². The van der Waals surface area contributed by atoms with E-state index in [1.54, 1.807) is 11.3 Å². The number of nitrogens with one attached hydrogen (secondary N) is 1. The van der Waals surface area contributed by atoms with E-state index in [1.807, 2.05) is 41.8 Å². The summed E-state index contributed by atoms with van der Waals surface area (Å²) in [5, 5.41) is 17.1. The van der Waals surface area contributed by atoms with Crippen LogP contribution in [0, 0.1) is 10.1 Å². The van der Waals surface area contributed by atoms with Crippen LogP contribution in [0.1, 0.15) is 4.88 Å². The van der Waals surface area contributed by atoms with Crippen LogP contribution in [0.2, 0.25) is 0 Å². The zero-order chi connectivity index (χ0) is 13.9. The molecule has 1 N–H and O–H groups in total. The molecule has 0 fully saturated rings. The summed E-state index contributed by atoms with van der Waals surface area (Å²) in [6.07, 6.45) is 1.30. The van der Waals surface area contributed by atoms with Crippen LogP contribution in [-0.4, -0.2) is 9.91 Å². The van der Waals surface area contributed by atoms with E-state index in [0.29, 0.717) is 12.2 Å². The maximum absolute atomic E-state index is 11.2. The fraction of sp³-hybridized carbons (Fsp3) is 0.0714. The number of rotatable bonds is 4. The molecule has 3 aromatic rings. The second-order valence-electron chi connectivity index (χ2n) is 4.23. The Bertz CT molecular complexity index is 756. The lowest BCUT2D eigenvalue weighted by molar-refractivity contribution is -0.384. The molecule has 3 rings (SSSR count). The normalized spacial score (nSPS) is 10.6. The van der Waals surface area contributed by atoms with Crippen LogP contribution in [0.15, 0.2) is 48.0 Å². The lowest BCUT2D eigenvalue weighted by Gasteiger charge is -2.09. The van der Waals surface area contributed by atoms with Crippen molar-refractivity contribution in [3.05, 3.63) is 63.0 Å². The Balaban J connectivity index is 2.05. The van der Waals surface area contributed by atoms with Crippen LogP contribution < -0.4 is 5.32 Å². The van der Waals surface area contributed by atoms with Crippen molar-refractivity contribution in [3.63, 3.8) is 0 Å². The lowest BCUT2D eigenvalue weighted by Crippen LogP contribution is -2.03. The van der Waals surface area contributed by atoms with Crippen molar-refractivity contribution >= 4 is 33.6 Å². The molecular weight excluding hydrogens is 274 g/mol. The van der Waals surface area contributed by atoms with Crippen molar-refractivity contribution < 1.29 is 4.92 Å². The van der Waals surface area contributed by atoms with Gasteiger partial charge in [0, 0.05) is 16.8 Å². The summed E-state index contributed by atoms with van der Waals surface area (Å²) in [5.41, 5.74) is 1.26. The second kappa shape index (κ2) is 5.26. The van der Waals surface area contributed by atoms with E-state index < -0.39 is 4.92 Å². The van der Waals surface area contributed by atoms with Gasteiger partial charge in [-0.25, -0.2) is 4.98 Å². The summed E-state index contributed by atoms with van der Waals surface area (Å²) in [6.45, 7) is 0.562. The van der Waals surface area contributed by atoms with Gasteiger partial charge in [0.2, 0.25) is 0 Å². The number of nitro groups is 1. The molecule has 100 valence electrons. The van der Waals surface area contributed by atoms with Crippen molar-refractivity contribution in [2.45, 2.75) is 6.54 Å². The summed E-state index contributed by atoms with van der Waals surface area (Å²) in [5.74, 6) is 0. The second-order valence-corrected chi connectivity index (χ2v) is 5.26. The van der Waals surface area contributed by atoms with Gasteiger partial charge in [-0.1, -0.05) is 24.3 Å². The number of fused-ring (bicyclic) bond motifs is 1. The van der Waals surface area contributed by atoms with Crippen molar-refractivity contribution in [2.75, 3.05) is 5.32 Å². The molecule has 0 aliphatic heterocycles. The zero-order valence-electron chi connectivity index (χ0n) is 10.4. The van der Waals surface area contributed by atoms with Gasteiger partial charge in [-0.05, 0) is 17.5 Å². The Morgan fingerprint density at radius 2 is 2.10 bits per heavy atom. The summed E-state index contributed by atoms with van der Waals surface area (Å²) < 4.78 is 0. The number of aromatic nitrogens is 1. The number of pyridine rings is 1. The van der Waals surface area contributed by atoms with E-state index in [4.69, 9.17) is 0 Å². The molecule has 6 heteroatoms. The van der Waals surface area contributed by atoms with Crippen LogP contribution in [0.4, 0.5) is 11.4 Å². The number of para-hydroxylation sites is 1. The molecule has 2 aromatic heterocycles. The number of thiophene rings is 1. The number of nitrogens with zero attached hydrogens (tertiary/aromatic N) is 2. The molecule has 2 heterocycles.